The summed E-state index contributed by atoms with van der Waals surface area (Å²) in [5.41, 5.74) is 6.87. The van der Waals surface area contributed by atoms with Gasteiger partial charge in [-0.1, -0.05) is 36.4 Å². The fourth-order valence-corrected chi connectivity index (χ4v) is 4.47. The quantitative estimate of drug-likeness (QED) is 0.416. The Balaban J connectivity index is 1.35. The lowest BCUT2D eigenvalue weighted by atomic mass is 10.0. The first kappa shape index (κ1) is 20.5. The van der Waals surface area contributed by atoms with Crippen LogP contribution in [0.15, 0.2) is 85.1 Å². The molecule has 0 bridgehead atoms. The Morgan fingerprint density at radius 2 is 1.53 bits per heavy atom. The van der Waals surface area contributed by atoms with Crippen LogP contribution in [0.1, 0.15) is 13.8 Å². The van der Waals surface area contributed by atoms with Gasteiger partial charge in [-0.2, -0.15) is 0 Å². The van der Waals surface area contributed by atoms with Gasteiger partial charge in [-0.3, -0.25) is 9.88 Å². The molecule has 0 unspecified atom stereocenters. The molecule has 3 aromatic carbocycles. The van der Waals surface area contributed by atoms with Crippen molar-refractivity contribution in [2.75, 3.05) is 36.4 Å². The predicted molar refractivity (Wildman–Crippen MR) is 136 cm³/mol. The number of pyridine rings is 1. The monoisotopic (exact) mass is 422 g/mol. The van der Waals surface area contributed by atoms with E-state index in [0.29, 0.717) is 6.04 Å². The van der Waals surface area contributed by atoms with Crippen molar-refractivity contribution in [1.29, 1.82) is 0 Å². The Kier molecular flexibility index (Phi) is 5.78. The summed E-state index contributed by atoms with van der Waals surface area (Å²) < 4.78 is 0. The Labute approximate surface area is 190 Å². The van der Waals surface area contributed by atoms with Gasteiger partial charge in [0.1, 0.15) is 0 Å². The highest BCUT2D eigenvalue weighted by Crippen LogP contribution is 2.30. The molecular formula is C28H30N4. The number of hydrogen-bond acceptors (Lipinski definition) is 4. The minimum Gasteiger partial charge on any atom is -0.369 e. The minimum absolute atomic E-state index is 0.626. The molecule has 162 valence electrons. The third kappa shape index (κ3) is 4.32. The Morgan fingerprint density at radius 1 is 0.781 bits per heavy atom. The summed E-state index contributed by atoms with van der Waals surface area (Å²) in [7, 11) is 0. The number of hydrogen-bond donors (Lipinski definition) is 1. The average molecular weight is 423 g/mol. The average Bonchev–Trinajstić information content (AvgIpc) is 2.85. The first-order chi connectivity index (χ1) is 15.7. The maximum Gasteiger partial charge on any atom is 0.0723 e. The van der Waals surface area contributed by atoms with Crippen molar-refractivity contribution in [3.8, 4) is 11.1 Å². The first-order valence-corrected chi connectivity index (χ1v) is 11.5. The largest absolute Gasteiger partial charge is 0.369 e. The zero-order chi connectivity index (χ0) is 21.9. The molecule has 5 rings (SSSR count). The van der Waals surface area contributed by atoms with Crippen molar-refractivity contribution < 1.29 is 0 Å². The molecule has 1 saturated heterocycles. The second-order valence-corrected chi connectivity index (χ2v) is 8.75. The van der Waals surface area contributed by atoms with Gasteiger partial charge in [0.25, 0.3) is 0 Å². The lowest BCUT2D eigenvalue weighted by Gasteiger charge is -2.38. The van der Waals surface area contributed by atoms with Crippen LogP contribution >= 0.6 is 0 Å². The number of benzene rings is 3. The van der Waals surface area contributed by atoms with Gasteiger partial charge in [-0.05, 0) is 67.4 Å². The molecule has 4 heteroatoms. The highest BCUT2D eigenvalue weighted by atomic mass is 15.3. The van der Waals surface area contributed by atoms with Crippen LogP contribution in [0.4, 0.5) is 17.1 Å². The van der Waals surface area contributed by atoms with Crippen molar-refractivity contribution in [3.05, 3.63) is 85.1 Å². The molecule has 2 heterocycles. The van der Waals surface area contributed by atoms with Gasteiger partial charge in [-0.15, -0.1) is 0 Å². The van der Waals surface area contributed by atoms with E-state index in [1.54, 1.807) is 0 Å². The van der Waals surface area contributed by atoms with Gasteiger partial charge in [0.05, 0.1) is 5.52 Å². The molecule has 0 aliphatic carbocycles. The van der Waals surface area contributed by atoms with Crippen molar-refractivity contribution >= 4 is 28.0 Å². The predicted octanol–water partition coefficient (Wildman–Crippen LogP) is 6.18. The van der Waals surface area contributed by atoms with E-state index in [1.165, 1.54) is 16.8 Å². The van der Waals surface area contributed by atoms with Crippen LogP contribution < -0.4 is 10.2 Å². The second kappa shape index (κ2) is 9.01. The summed E-state index contributed by atoms with van der Waals surface area (Å²) in [5, 5.41) is 4.74. The molecule has 0 saturated carbocycles. The summed E-state index contributed by atoms with van der Waals surface area (Å²) in [4.78, 5) is 9.59. The van der Waals surface area contributed by atoms with Crippen molar-refractivity contribution in [3.63, 3.8) is 0 Å². The van der Waals surface area contributed by atoms with E-state index in [-0.39, 0.29) is 0 Å². The number of nitrogens with one attached hydrogen (secondary N) is 1. The molecule has 0 amide bonds. The number of fused-ring (bicyclic) bond motifs is 1. The first-order valence-electron chi connectivity index (χ1n) is 11.5. The van der Waals surface area contributed by atoms with Crippen LogP contribution in [0.25, 0.3) is 22.0 Å². The summed E-state index contributed by atoms with van der Waals surface area (Å²) in [5.74, 6) is 0. The smallest absolute Gasteiger partial charge is 0.0723 e. The van der Waals surface area contributed by atoms with E-state index in [0.717, 1.165) is 48.5 Å². The molecule has 0 spiro atoms. The molecule has 4 aromatic rings. The maximum atomic E-state index is 4.56. The number of aromatic nitrogens is 1. The zero-order valence-corrected chi connectivity index (χ0v) is 18.8. The van der Waals surface area contributed by atoms with Crippen LogP contribution in [-0.4, -0.2) is 42.1 Å². The fraction of sp³-hybridized carbons (Fsp3) is 0.250. The molecule has 1 aliphatic heterocycles. The number of rotatable bonds is 5. The Morgan fingerprint density at radius 3 is 2.25 bits per heavy atom. The van der Waals surface area contributed by atoms with Gasteiger partial charge >= 0.3 is 0 Å². The van der Waals surface area contributed by atoms with Gasteiger partial charge in [0.15, 0.2) is 0 Å². The van der Waals surface area contributed by atoms with Crippen molar-refractivity contribution in [1.82, 2.24) is 9.88 Å². The summed E-state index contributed by atoms with van der Waals surface area (Å²) in [6, 6.07) is 28.4. The molecule has 4 nitrogen and oxygen atoms in total. The van der Waals surface area contributed by atoms with Gasteiger partial charge in [0, 0.05) is 60.9 Å². The van der Waals surface area contributed by atoms with E-state index < -0.39 is 0 Å². The lowest BCUT2D eigenvalue weighted by Crippen LogP contribution is -2.48. The van der Waals surface area contributed by atoms with Gasteiger partial charge in [-0.25, -0.2) is 0 Å². The van der Waals surface area contributed by atoms with Gasteiger partial charge in [0.2, 0.25) is 0 Å². The second-order valence-electron chi connectivity index (χ2n) is 8.75. The molecule has 1 fully saturated rings. The number of piperazine rings is 1. The molecule has 0 atom stereocenters. The summed E-state index contributed by atoms with van der Waals surface area (Å²) >= 11 is 0. The van der Waals surface area contributed by atoms with Crippen LogP contribution in [0.3, 0.4) is 0 Å². The number of nitrogens with zero attached hydrogens (tertiary/aromatic N) is 3. The van der Waals surface area contributed by atoms with Gasteiger partial charge < -0.3 is 10.2 Å². The molecule has 1 aromatic heterocycles. The van der Waals surface area contributed by atoms with E-state index in [4.69, 9.17) is 0 Å². The van der Waals surface area contributed by atoms with E-state index in [9.17, 15) is 0 Å². The lowest BCUT2D eigenvalue weighted by molar-refractivity contribution is 0.209. The minimum atomic E-state index is 0.626. The third-order valence-corrected chi connectivity index (χ3v) is 6.40. The summed E-state index contributed by atoms with van der Waals surface area (Å²) in [6.45, 7) is 8.99. The Bertz CT molecular complexity index is 1180. The number of anilines is 3. The van der Waals surface area contributed by atoms with E-state index in [1.807, 2.05) is 12.3 Å². The van der Waals surface area contributed by atoms with Crippen LogP contribution in [-0.2, 0) is 0 Å². The summed E-state index contributed by atoms with van der Waals surface area (Å²) in [6.07, 6.45) is 1.87. The molecule has 32 heavy (non-hydrogen) atoms. The molecule has 1 N–H and O–H groups in total. The van der Waals surface area contributed by atoms with Crippen LogP contribution in [0.2, 0.25) is 0 Å². The Hall–Kier alpha value is -3.37. The van der Waals surface area contributed by atoms with Crippen LogP contribution in [0.5, 0.6) is 0 Å². The molecule has 1 aliphatic rings. The normalized spacial score (nSPS) is 14.8. The van der Waals surface area contributed by atoms with Crippen molar-refractivity contribution in [2.45, 2.75) is 19.9 Å². The highest BCUT2D eigenvalue weighted by Gasteiger charge is 2.18. The third-order valence-electron chi connectivity index (χ3n) is 6.40. The maximum absolute atomic E-state index is 4.56. The topological polar surface area (TPSA) is 31.4 Å². The SMILES string of the molecule is CC(C)N1CCN(c2ccc(Nc3ccnc4ccc(-c5ccccc5)cc34)cc2)CC1. The van der Waals surface area contributed by atoms with Crippen LogP contribution in [0, 0.1) is 0 Å². The zero-order valence-electron chi connectivity index (χ0n) is 18.8. The van der Waals surface area contributed by atoms with E-state index >= 15 is 0 Å². The fourth-order valence-electron chi connectivity index (χ4n) is 4.47. The highest BCUT2D eigenvalue weighted by molar-refractivity contribution is 5.95. The van der Waals surface area contributed by atoms with E-state index in [2.05, 4.69) is 107 Å². The molecular weight excluding hydrogens is 392 g/mol. The van der Waals surface area contributed by atoms with Crippen molar-refractivity contribution in [2.24, 2.45) is 0 Å². The molecule has 0 radical (unpaired) electrons. The standard InChI is InChI=1S/C28H30N4/c1-21(2)31-16-18-32(19-17-31)25-11-9-24(10-12-25)30-28-14-15-29-27-13-8-23(20-26(27)28)22-6-4-3-5-7-22/h3-15,20-21H,16-19H2,1-2H3,(H,29,30).